The number of rotatable bonds is 2. The number of carbonyl (C=O) groups excluding carboxylic acids is 1. The van der Waals surface area contributed by atoms with Gasteiger partial charge in [-0.15, -0.1) is 0 Å². The molecule has 0 unspecified atom stereocenters. The highest BCUT2D eigenvalue weighted by Gasteiger charge is 2.24. The number of ether oxygens (including phenoxy) is 1. The summed E-state index contributed by atoms with van der Waals surface area (Å²) in [6.07, 6.45) is -0.407. The molecule has 1 aliphatic rings. The van der Waals surface area contributed by atoms with E-state index in [1.165, 1.54) is 4.90 Å². The molecule has 1 heterocycles. The van der Waals surface area contributed by atoms with Crippen molar-refractivity contribution in [1.82, 2.24) is 0 Å². The molecule has 0 saturated carbocycles. The summed E-state index contributed by atoms with van der Waals surface area (Å²) < 4.78 is 4.81. The Balaban J connectivity index is 2.42. The van der Waals surface area contributed by atoms with Crippen molar-refractivity contribution in [2.24, 2.45) is 5.11 Å². The lowest BCUT2D eigenvalue weighted by molar-refractivity contribution is 0.181. The van der Waals surface area contributed by atoms with Crippen molar-refractivity contribution >= 4 is 17.5 Å². The van der Waals surface area contributed by atoms with Crippen LogP contribution in [0.25, 0.3) is 10.4 Å². The fourth-order valence-electron chi connectivity index (χ4n) is 1.44. The second kappa shape index (κ2) is 3.89. The van der Waals surface area contributed by atoms with E-state index in [-0.39, 0.29) is 0 Å². The number of amides is 1. The molecule has 1 aliphatic heterocycles. The molecule has 1 aromatic carbocycles. The number of carbonyl (C=O) groups is 1. The van der Waals surface area contributed by atoms with Gasteiger partial charge in [-0.25, -0.2) is 4.79 Å². The Bertz CT molecular complexity index is 439. The molecular formula is C9H8N4O2. The van der Waals surface area contributed by atoms with Gasteiger partial charge in [0.25, 0.3) is 0 Å². The van der Waals surface area contributed by atoms with E-state index in [0.29, 0.717) is 24.5 Å². The number of para-hydroxylation sites is 1. The molecule has 0 atom stereocenters. The van der Waals surface area contributed by atoms with Gasteiger partial charge < -0.3 is 4.74 Å². The summed E-state index contributed by atoms with van der Waals surface area (Å²) in [7, 11) is 0. The minimum Gasteiger partial charge on any atom is -0.447 e. The average Bonchev–Trinajstić information content (AvgIpc) is 2.66. The van der Waals surface area contributed by atoms with Gasteiger partial charge >= 0.3 is 6.09 Å². The van der Waals surface area contributed by atoms with E-state index in [9.17, 15) is 4.79 Å². The number of azide groups is 1. The molecule has 0 spiro atoms. The molecule has 1 aromatic rings. The molecular weight excluding hydrogens is 196 g/mol. The maximum atomic E-state index is 11.3. The number of hydrogen-bond acceptors (Lipinski definition) is 3. The van der Waals surface area contributed by atoms with E-state index in [0.717, 1.165) is 0 Å². The van der Waals surface area contributed by atoms with E-state index in [1.807, 2.05) is 0 Å². The first-order valence-corrected chi connectivity index (χ1v) is 4.41. The molecule has 6 nitrogen and oxygen atoms in total. The predicted octanol–water partition coefficient (Wildman–Crippen LogP) is 2.59. The van der Waals surface area contributed by atoms with Crippen LogP contribution in [-0.2, 0) is 4.74 Å². The second-order valence-corrected chi connectivity index (χ2v) is 2.94. The molecule has 0 radical (unpaired) electrons. The lowest BCUT2D eigenvalue weighted by Gasteiger charge is -2.14. The molecule has 0 N–H and O–H groups in total. The van der Waals surface area contributed by atoms with Gasteiger partial charge in [0.15, 0.2) is 0 Å². The van der Waals surface area contributed by atoms with E-state index in [1.54, 1.807) is 24.3 Å². The third-order valence-corrected chi connectivity index (χ3v) is 2.09. The van der Waals surface area contributed by atoms with Crippen molar-refractivity contribution in [1.29, 1.82) is 0 Å². The Labute approximate surface area is 85.7 Å². The largest absolute Gasteiger partial charge is 0.447 e. The Morgan fingerprint density at radius 2 is 2.27 bits per heavy atom. The average molecular weight is 204 g/mol. The topological polar surface area (TPSA) is 78.3 Å². The van der Waals surface area contributed by atoms with E-state index in [2.05, 4.69) is 10.0 Å². The van der Waals surface area contributed by atoms with Crippen LogP contribution in [0.1, 0.15) is 0 Å². The molecule has 6 heteroatoms. The second-order valence-electron chi connectivity index (χ2n) is 2.94. The number of hydrogen-bond donors (Lipinski definition) is 0. The highest BCUT2D eigenvalue weighted by atomic mass is 16.6. The van der Waals surface area contributed by atoms with Gasteiger partial charge in [-0.3, -0.25) is 4.90 Å². The molecule has 1 saturated heterocycles. The molecule has 1 amide bonds. The standard InChI is InChI=1S/C9H8N4O2/c10-12-11-7-3-1-2-4-8(7)13-5-6-15-9(13)14/h1-4H,5-6H2. The molecule has 0 aliphatic carbocycles. The minimum absolute atomic E-state index is 0.365. The first kappa shape index (κ1) is 9.36. The summed E-state index contributed by atoms with van der Waals surface area (Å²) in [6, 6.07) is 6.89. The minimum atomic E-state index is -0.407. The smallest absolute Gasteiger partial charge is 0.414 e. The van der Waals surface area contributed by atoms with Crippen LogP contribution in [0.2, 0.25) is 0 Å². The molecule has 76 valence electrons. The van der Waals surface area contributed by atoms with Crippen LogP contribution in [0.3, 0.4) is 0 Å². The lowest BCUT2D eigenvalue weighted by Crippen LogP contribution is -2.23. The van der Waals surface area contributed by atoms with Crippen molar-refractivity contribution in [3.05, 3.63) is 34.7 Å². The van der Waals surface area contributed by atoms with Gasteiger partial charge in [0, 0.05) is 4.91 Å². The van der Waals surface area contributed by atoms with E-state index >= 15 is 0 Å². The molecule has 1 fully saturated rings. The third-order valence-electron chi connectivity index (χ3n) is 2.09. The maximum Gasteiger partial charge on any atom is 0.414 e. The highest BCUT2D eigenvalue weighted by Crippen LogP contribution is 2.30. The fraction of sp³-hybridized carbons (Fsp3) is 0.222. The summed E-state index contributed by atoms with van der Waals surface area (Å²) >= 11 is 0. The summed E-state index contributed by atoms with van der Waals surface area (Å²) in [5, 5.41) is 3.52. The predicted molar refractivity (Wildman–Crippen MR) is 53.9 cm³/mol. The Kier molecular flexibility index (Phi) is 2.43. The Morgan fingerprint density at radius 1 is 1.47 bits per heavy atom. The van der Waals surface area contributed by atoms with Gasteiger partial charge in [0.2, 0.25) is 0 Å². The number of anilines is 1. The van der Waals surface area contributed by atoms with Crippen LogP contribution in [0.15, 0.2) is 29.4 Å². The Hall–Kier alpha value is -2.20. The zero-order valence-electron chi connectivity index (χ0n) is 7.83. The van der Waals surface area contributed by atoms with Gasteiger partial charge in [-0.2, -0.15) is 0 Å². The van der Waals surface area contributed by atoms with Crippen LogP contribution in [0.4, 0.5) is 16.2 Å². The zero-order valence-corrected chi connectivity index (χ0v) is 7.83. The first-order chi connectivity index (χ1) is 7.33. The highest BCUT2D eigenvalue weighted by molar-refractivity contribution is 5.92. The van der Waals surface area contributed by atoms with Crippen LogP contribution in [0.5, 0.6) is 0 Å². The normalized spacial score (nSPS) is 14.7. The van der Waals surface area contributed by atoms with Crippen molar-refractivity contribution < 1.29 is 9.53 Å². The summed E-state index contributed by atoms with van der Waals surface area (Å²) in [4.78, 5) is 15.5. The van der Waals surface area contributed by atoms with Crippen molar-refractivity contribution in [2.75, 3.05) is 18.1 Å². The van der Waals surface area contributed by atoms with Crippen molar-refractivity contribution in [3.8, 4) is 0 Å². The monoisotopic (exact) mass is 204 g/mol. The summed E-state index contributed by atoms with van der Waals surface area (Å²) in [5.74, 6) is 0. The quantitative estimate of drug-likeness (QED) is 0.421. The number of nitrogens with zero attached hydrogens (tertiary/aromatic N) is 4. The molecule has 2 rings (SSSR count). The van der Waals surface area contributed by atoms with E-state index in [4.69, 9.17) is 10.3 Å². The maximum absolute atomic E-state index is 11.3. The van der Waals surface area contributed by atoms with E-state index < -0.39 is 6.09 Å². The van der Waals surface area contributed by atoms with Gasteiger partial charge in [0.05, 0.1) is 17.9 Å². The number of cyclic esters (lactones) is 1. The third kappa shape index (κ3) is 1.70. The van der Waals surface area contributed by atoms with Gasteiger partial charge in [-0.05, 0) is 11.6 Å². The van der Waals surface area contributed by atoms with Crippen LogP contribution in [-0.4, -0.2) is 19.2 Å². The zero-order chi connectivity index (χ0) is 10.7. The van der Waals surface area contributed by atoms with Crippen LogP contribution >= 0.6 is 0 Å². The van der Waals surface area contributed by atoms with Crippen LogP contribution in [0, 0.1) is 0 Å². The summed E-state index contributed by atoms with van der Waals surface area (Å²) in [6.45, 7) is 0.847. The van der Waals surface area contributed by atoms with Gasteiger partial charge in [0.1, 0.15) is 6.61 Å². The first-order valence-electron chi connectivity index (χ1n) is 4.41. The Morgan fingerprint density at radius 3 is 2.93 bits per heavy atom. The SMILES string of the molecule is [N-]=[N+]=Nc1ccccc1N1CCOC1=O. The lowest BCUT2D eigenvalue weighted by atomic mass is 10.2. The molecule has 0 bridgehead atoms. The molecule has 0 aromatic heterocycles. The van der Waals surface area contributed by atoms with Gasteiger partial charge in [-0.1, -0.05) is 23.3 Å². The van der Waals surface area contributed by atoms with Crippen LogP contribution < -0.4 is 4.90 Å². The number of benzene rings is 1. The van der Waals surface area contributed by atoms with Crippen molar-refractivity contribution in [2.45, 2.75) is 0 Å². The molecule has 15 heavy (non-hydrogen) atoms. The fourth-order valence-corrected chi connectivity index (χ4v) is 1.44. The van der Waals surface area contributed by atoms with Crippen molar-refractivity contribution in [3.63, 3.8) is 0 Å². The summed E-state index contributed by atoms with van der Waals surface area (Å²) in [5.41, 5.74) is 9.39.